The molecule has 0 aliphatic carbocycles. The van der Waals surface area contributed by atoms with Crippen LogP contribution in [0.3, 0.4) is 0 Å². The highest BCUT2D eigenvalue weighted by Gasteiger charge is 2.22. The smallest absolute Gasteiger partial charge is 0.159 e. The van der Waals surface area contributed by atoms with E-state index >= 15 is 0 Å². The Hall–Kier alpha value is -2.60. The molecule has 2 aromatic carbocycles. The number of rotatable bonds is 6. The molecule has 146 valence electrons. The molecule has 0 atom stereocenters. The highest BCUT2D eigenvalue weighted by atomic mass is 19.2. The van der Waals surface area contributed by atoms with Gasteiger partial charge in [0.25, 0.3) is 0 Å². The molecule has 0 radical (unpaired) electrons. The molecule has 0 N–H and O–H groups in total. The van der Waals surface area contributed by atoms with E-state index in [1.165, 1.54) is 17.7 Å². The van der Waals surface area contributed by atoms with Crippen LogP contribution in [0.4, 0.5) is 8.78 Å². The average Bonchev–Trinajstić information content (AvgIpc) is 3.18. The normalized spacial score (nSPS) is 15.8. The van der Waals surface area contributed by atoms with Crippen molar-refractivity contribution >= 4 is 0 Å². The molecule has 1 aromatic heterocycles. The van der Waals surface area contributed by atoms with Crippen LogP contribution in [-0.4, -0.2) is 39.5 Å². The first-order valence-electron chi connectivity index (χ1n) is 9.77. The SMILES string of the molecule is Fc1ccc(CCN2CCC(c3cn(Cc4ccccc4)nn3)CC2)cc1F. The molecule has 1 saturated heterocycles. The number of hydrogen-bond acceptors (Lipinski definition) is 3. The lowest BCUT2D eigenvalue weighted by atomic mass is 9.94. The summed E-state index contributed by atoms with van der Waals surface area (Å²) in [5, 5.41) is 8.67. The number of hydrogen-bond donors (Lipinski definition) is 0. The minimum absolute atomic E-state index is 0.434. The van der Waals surface area contributed by atoms with Crippen LogP contribution in [0, 0.1) is 11.6 Å². The lowest BCUT2D eigenvalue weighted by Gasteiger charge is -2.31. The van der Waals surface area contributed by atoms with Gasteiger partial charge >= 0.3 is 0 Å². The summed E-state index contributed by atoms with van der Waals surface area (Å²) < 4.78 is 28.2. The fourth-order valence-corrected chi connectivity index (χ4v) is 3.78. The van der Waals surface area contributed by atoms with Gasteiger partial charge in [-0.15, -0.1) is 5.10 Å². The lowest BCUT2D eigenvalue weighted by Crippen LogP contribution is -2.34. The molecule has 4 nitrogen and oxygen atoms in total. The summed E-state index contributed by atoms with van der Waals surface area (Å²) in [6.45, 7) is 3.57. The van der Waals surface area contributed by atoms with Crippen molar-refractivity contribution in [2.75, 3.05) is 19.6 Å². The van der Waals surface area contributed by atoms with E-state index in [1.807, 2.05) is 22.9 Å². The molecule has 28 heavy (non-hydrogen) atoms. The standard InChI is InChI=1S/C22H24F2N4/c23-20-7-6-17(14-21(20)24)8-11-27-12-9-19(10-13-27)22-16-28(26-25-22)15-18-4-2-1-3-5-18/h1-7,14,16,19H,8-13,15H2. The summed E-state index contributed by atoms with van der Waals surface area (Å²) in [6, 6.07) is 14.4. The van der Waals surface area contributed by atoms with Gasteiger partial charge in [-0.25, -0.2) is 13.5 Å². The van der Waals surface area contributed by atoms with Crippen molar-refractivity contribution in [1.29, 1.82) is 0 Å². The first kappa shape index (κ1) is 18.7. The number of benzene rings is 2. The van der Waals surface area contributed by atoms with E-state index in [0.717, 1.165) is 56.7 Å². The second kappa shape index (κ2) is 8.61. The topological polar surface area (TPSA) is 34.0 Å². The fraction of sp³-hybridized carbons (Fsp3) is 0.364. The Labute approximate surface area is 163 Å². The summed E-state index contributed by atoms with van der Waals surface area (Å²) in [7, 11) is 0. The summed E-state index contributed by atoms with van der Waals surface area (Å²) in [5.41, 5.74) is 3.12. The molecule has 0 unspecified atom stereocenters. The van der Waals surface area contributed by atoms with Crippen LogP contribution in [0.1, 0.15) is 35.6 Å². The number of likely N-dealkylation sites (tertiary alicyclic amines) is 1. The van der Waals surface area contributed by atoms with Crippen molar-refractivity contribution in [2.45, 2.75) is 31.7 Å². The van der Waals surface area contributed by atoms with Gasteiger partial charge in [-0.3, -0.25) is 0 Å². The second-order valence-corrected chi connectivity index (χ2v) is 7.44. The van der Waals surface area contributed by atoms with Gasteiger partial charge in [0, 0.05) is 18.7 Å². The summed E-state index contributed by atoms with van der Waals surface area (Å²) in [5.74, 6) is -1.12. The van der Waals surface area contributed by atoms with Crippen LogP contribution in [-0.2, 0) is 13.0 Å². The Morgan fingerprint density at radius 3 is 2.46 bits per heavy atom. The molecule has 6 heteroatoms. The van der Waals surface area contributed by atoms with E-state index in [1.54, 1.807) is 6.07 Å². The third-order valence-corrected chi connectivity index (χ3v) is 5.45. The van der Waals surface area contributed by atoms with Crippen molar-refractivity contribution in [3.63, 3.8) is 0 Å². The molecular formula is C22H24F2N4. The van der Waals surface area contributed by atoms with E-state index < -0.39 is 11.6 Å². The average molecular weight is 382 g/mol. The van der Waals surface area contributed by atoms with Gasteiger partial charge in [0.1, 0.15) is 0 Å². The maximum atomic E-state index is 13.3. The molecule has 1 aliphatic rings. The van der Waals surface area contributed by atoms with Crippen molar-refractivity contribution in [2.24, 2.45) is 0 Å². The van der Waals surface area contributed by atoms with Crippen LogP contribution in [0.25, 0.3) is 0 Å². The monoisotopic (exact) mass is 382 g/mol. The number of piperidine rings is 1. The van der Waals surface area contributed by atoms with E-state index in [4.69, 9.17) is 0 Å². The lowest BCUT2D eigenvalue weighted by molar-refractivity contribution is 0.213. The van der Waals surface area contributed by atoms with Crippen LogP contribution in [0.5, 0.6) is 0 Å². The molecule has 3 aromatic rings. The number of nitrogens with zero attached hydrogens (tertiary/aromatic N) is 4. The van der Waals surface area contributed by atoms with E-state index in [2.05, 4.69) is 33.5 Å². The largest absolute Gasteiger partial charge is 0.303 e. The van der Waals surface area contributed by atoms with Gasteiger partial charge in [0.2, 0.25) is 0 Å². The molecular weight excluding hydrogens is 358 g/mol. The van der Waals surface area contributed by atoms with Crippen molar-refractivity contribution < 1.29 is 8.78 Å². The van der Waals surface area contributed by atoms with Gasteiger partial charge in [0.15, 0.2) is 11.6 Å². The Morgan fingerprint density at radius 1 is 0.929 bits per heavy atom. The van der Waals surface area contributed by atoms with Crippen molar-refractivity contribution in [3.05, 3.63) is 83.2 Å². The molecule has 0 spiro atoms. The summed E-state index contributed by atoms with van der Waals surface area (Å²) >= 11 is 0. The second-order valence-electron chi connectivity index (χ2n) is 7.44. The molecule has 0 amide bonds. The third-order valence-electron chi connectivity index (χ3n) is 5.45. The minimum Gasteiger partial charge on any atom is -0.303 e. The molecule has 1 fully saturated rings. The maximum Gasteiger partial charge on any atom is 0.159 e. The quantitative estimate of drug-likeness (QED) is 0.646. The van der Waals surface area contributed by atoms with E-state index in [9.17, 15) is 8.78 Å². The highest BCUT2D eigenvalue weighted by Crippen LogP contribution is 2.26. The Bertz CT molecular complexity index is 902. The van der Waals surface area contributed by atoms with Crippen LogP contribution >= 0.6 is 0 Å². The predicted octanol–water partition coefficient (Wildman–Crippen LogP) is 4.03. The van der Waals surface area contributed by atoms with Gasteiger partial charge < -0.3 is 4.90 Å². The van der Waals surface area contributed by atoms with Crippen molar-refractivity contribution in [1.82, 2.24) is 19.9 Å². The van der Waals surface area contributed by atoms with Gasteiger partial charge in [-0.1, -0.05) is 41.6 Å². The Kier molecular flexibility index (Phi) is 5.76. The first-order chi connectivity index (χ1) is 13.7. The van der Waals surface area contributed by atoms with Gasteiger partial charge in [-0.2, -0.15) is 0 Å². The van der Waals surface area contributed by atoms with Crippen LogP contribution in [0.15, 0.2) is 54.7 Å². The van der Waals surface area contributed by atoms with Crippen LogP contribution in [0.2, 0.25) is 0 Å². The summed E-state index contributed by atoms with van der Waals surface area (Å²) in [6.07, 6.45) is 4.88. The fourth-order valence-electron chi connectivity index (χ4n) is 3.78. The Morgan fingerprint density at radius 2 is 1.71 bits per heavy atom. The molecule has 4 rings (SSSR count). The van der Waals surface area contributed by atoms with E-state index in [0.29, 0.717) is 5.92 Å². The molecule has 0 saturated carbocycles. The summed E-state index contributed by atoms with van der Waals surface area (Å²) in [4.78, 5) is 2.38. The zero-order chi connectivity index (χ0) is 19.3. The predicted molar refractivity (Wildman–Crippen MR) is 104 cm³/mol. The highest BCUT2D eigenvalue weighted by molar-refractivity contribution is 5.18. The number of halogens is 2. The third kappa shape index (κ3) is 4.62. The zero-order valence-corrected chi connectivity index (χ0v) is 15.8. The zero-order valence-electron chi connectivity index (χ0n) is 15.8. The van der Waals surface area contributed by atoms with Gasteiger partial charge in [0.05, 0.1) is 12.2 Å². The molecule has 1 aliphatic heterocycles. The Balaban J connectivity index is 1.26. The van der Waals surface area contributed by atoms with E-state index in [-0.39, 0.29) is 0 Å². The minimum atomic E-state index is -0.787. The van der Waals surface area contributed by atoms with Crippen LogP contribution < -0.4 is 0 Å². The maximum absolute atomic E-state index is 13.3. The molecule has 0 bridgehead atoms. The van der Waals surface area contributed by atoms with Crippen molar-refractivity contribution in [3.8, 4) is 0 Å². The first-order valence-corrected chi connectivity index (χ1v) is 9.77. The van der Waals surface area contributed by atoms with Gasteiger partial charge in [-0.05, 0) is 55.6 Å². The number of aromatic nitrogens is 3. The molecule has 2 heterocycles.